The van der Waals surface area contributed by atoms with Gasteiger partial charge in [-0.15, -0.1) is 0 Å². The average molecular weight is 280 g/mol. The van der Waals surface area contributed by atoms with Gasteiger partial charge in [0.25, 0.3) is 0 Å². The summed E-state index contributed by atoms with van der Waals surface area (Å²) in [5.74, 6) is 0.362. The van der Waals surface area contributed by atoms with Crippen molar-refractivity contribution >= 4 is 11.6 Å². The largest absolute Gasteiger partial charge is 0.496 e. The third-order valence-corrected chi connectivity index (χ3v) is 3.29. The van der Waals surface area contributed by atoms with Crippen LogP contribution >= 0.6 is 11.6 Å². The van der Waals surface area contributed by atoms with Crippen LogP contribution in [0.5, 0.6) is 5.75 Å². The Balaban J connectivity index is 2.20. The molecule has 0 radical (unpaired) electrons. The molecule has 0 spiro atoms. The lowest BCUT2D eigenvalue weighted by atomic mass is 9.99. The van der Waals surface area contributed by atoms with Crippen molar-refractivity contribution in [2.24, 2.45) is 5.73 Å². The predicted molar refractivity (Wildman–Crippen MR) is 75.0 cm³/mol. The summed E-state index contributed by atoms with van der Waals surface area (Å²) >= 11 is 5.76. The van der Waals surface area contributed by atoms with Crippen LogP contribution < -0.4 is 10.5 Å². The summed E-state index contributed by atoms with van der Waals surface area (Å²) in [6, 6.07) is 12.0. The predicted octanol–water partition coefficient (Wildman–Crippen LogP) is 3.73. The monoisotopic (exact) mass is 279 g/mol. The first kappa shape index (κ1) is 13.8. The quantitative estimate of drug-likeness (QED) is 0.925. The molecule has 0 fully saturated rings. The van der Waals surface area contributed by atoms with Gasteiger partial charge < -0.3 is 10.5 Å². The normalized spacial score (nSPS) is 12.2. The molecule has 0 aliphatic rings. The van der Waals surface area contributed by atoms with Gasteiger partial charge in [0, 0.05) is 6.04 Å². The molecule has 1 unspecified atom stereocenters. The smallest absolute Gasteiger partial charge is 0.141 e. The van der Waals surface area contributed by atoms with Gasteiger partial charge in [-0.1, -0.05) is 35.9 Å². The fourth-order valence-corrected chi connectivity index (χ4v) is 2.16. The third kappa shape index (κ3) is 3.25. The fraction of sp³-hybridized carbons (Fsp3) is 0.200. The maximum absolute atomic E-state index is 13.1. The van der Waals surface area contributed by atoms with E-state index in [1.807, 2.05) is 24.3 Å². The van der Waals surface area contributed by atoms with Gasteiger partial charge in [0.1, 0.15) is 11.6 Å². The summed E-state index contributed by atoms with van der Waals surface area (Å²) in [6.07, 6.45) is 0.603. The topological polar surface area (TPSA) is 35.2 Å². The van der Waals surface area contributed by atoms with E-state index >= 15 is 0 Å². The van der Waals surface area contributed by atoms with Crippen molar-refractivity contribution in [3.8, 4) is 5.75 Å². The molecule has 19 heavy (non-hydrogen) atoms. The molecule has 1 atom stereocenters. The van der Waals surface area contributed by atoms with Gasteiger partial charge >= 0.3 is 0 Å². The minimum absolute atomic E-state index is 0.0907. The standard InChI is InChI=1S/C15H15ClFNO/c1-19-15-5-3-2-4-11(15)9-14(18)10-6-7-13(17)12(16)8-10/h2-8,14H,9,18H2,1H3. The molecule has 4 heteroatoms. The second-order valence-electron chi connectivity index (χ2n) is 4.30. The van der Waals surface area contributed by atoms with Gasteiger partial charge in [-0.25, -0.2) is 4.39 Å². The van der Waals surface area contributed by atoms with Crippen LogP contribution in [0.15, 0.2) is 42.5 Å². The molecule has 2 rings (SSSR count). The van der Waals surface area contributed by atoms with Gasteiger partial charge in [0.15, 0.2) is 0 Å². The molecule has 0 aromatic heterocycles. The molecule has 100 valence electrons. The molecular weight excluding hydrogens is 265 g/mol. The number of para-hydroxylation sites is 1. The van der Waals surface area contributed by atoms with Crippen LogP contribution in [0, 0.1) is 5.82 Å². The van der Waals surface area contributed by atoms with Crippen LogP contribution in [-0.4, -0.2) is 7.11 Å². The number of nitrogens with two attached hydrogens (primary N) is 1. The molecule has 0 aliphatic carbocycles. The number of halogens is 2. The molecule has 2 N–H and O–H groups in total. The average Bonchev–Trinajstić information content (AvgIpc) is 2.42. The first-order valence-corrected chi connectivity index (χ1v) is 6.32. The van der Waals surface area contributed by atoms with Crippen LogP contribution in [0.4, 0.5) is 4.39 Å². The first-order valence-electron chi connectivity index (χ1n) is 5.94. The summed E-state index contributed by atoms with van der Waals surface area (Å²) in [5, 5.41) is 0.0907. The molecule has 0 heterocycles. The van der Waals surface area contributed by atoms with Gasteiger partial charge in [-0.3, -0.25) is 0 Å². The summed E-state index contributed by atoms with van der Waals surface area (Å²) in [4.78, 5) is 0. The number of benzene rings is 2. The van der Waals surface area contributed by atoms with Gasteiger partial charge in [-0.2, -0.15) is 0 Å². The molecule has 0 saturated carbocycles. The third-order valence-electron chi connectivity index (χ3n) is 3.00. The summed E-state index contributed by atoms with van der Waals surface area (Å²) in [7, 11) is 1.62. The molecular formula is C15H15ClFNO. The van der Waals surface area contributed by atoms with Gasteiger partial charge in [-0.05, 0) is 35.7 Å². The maximum atomic E-state index is 13.1. The number of hydrogen-bond donors (Lipinski definition) is 1. The van der Waals surface area contributed by atoms with Crippen LogP contribution in [0.1, 0.15) is 17.2 Å². The van der Waals surface area contributed by atoms with E-state index in [1.165, 1.54) is 6.07 Å². The van der Waals surface area contributed by atoms with Gasteiger partial charge in [0.05, 0.1) is 12.1 Å². The van der Waals surface area contributed by atoms with E-state index in [-0.39, 0.29) is 11.1 Å². The molecule has 2 nitrogen and oxygen atoms in total. The SMILES string of the molecule is COc1ccccc1CC(N)c1ccc(F)c(Cl)c1. The number of rotatable bonds is 4. The van der Waals surface area contributed by atoms with Crippen molar-refractivity contribution in [1.29, 1.82) is 0 Å². The van der Waals surface area contributed by atoms with Crippen molar-refractivity contribution < 1.29 is 9.13 Å². The lowest BCUT2D eigenvalue weighted by molar-refractivity contribution is 0.408. The first-order chi connectivity index (χ1) is 9.11. The van der Waals surface area contributed by atoms with Crippen molar-refractivity contribution in [2.45, 2.75) is 12.5 Å². The van der Waals surface area contributed by atoms with Gasteiger partial charge in [0.2, 0.25) is 0 Å². The summed E-state index contributed by atoms with van der Waals surface area (Å²) in [6.45, 7) is 0. The zero-order chi connectivity index (χ0) is 13.8. The molecule has 0 aliphatic heterocycles. The highest BCUT2D eigenvalue weighted by molar-refractivity contribution is 6.30. The lowest BCUT2D eigenvalue weighted by Crippen LogP contribution is -2.14. The molecule has 0 saturated heterocycles. The zero-order valence-electron chi connectivity index (χ0n) is 10.6. The van der Waals surface area contributed by atoms with Crippen LogP contribution in [0.3, 0.4) is 0 Å². The Hall–Kier alpha value is -1.58. The zero-order valence-corrected chi connectivity index (χ0v) is 11.3. The molecule has 2 aromatic carbocycles. The Morgan fingerprint density at radius 1 is 1.26 bits per heavy atom. The minimum atomic E-state index is -0.435. The highest BCUT2D eigenvalue weighted by atomic mass is 35.5. The van der Waals surface area contributed by atoms with Crippen LogP contribution in [-0.2, 0) is 6.42 Å². The van der Waals surface area contributed by atoms with E-state index in [9.17, 15) is 4.39 Å². The van der Waals surface area contributed by atoms with Crippen LogP contribution in [0.2, 0.25) is 5.02 Å². The summed E-state index contributed by atoms with van der Waals surface area (Å²) in [5.41, 5.74) is 7.95. The number of ether oxygens (including phenoxy) is 1. The Morgan fingerprint density at radius 2 is 2.00 bits per heavy atom. The van der Waals surface area contributed by atoms with E-state index in [2.05, 4.69) is 0 Å². The van der Waals surface area contributed by atoms with E-state index in [4.69, 9.17) is 22.1 Å². The molecule has 0 bridgehead atoms. The Bertz CT molecular complexity index is 574. The van der Waals surface area contributed by atoms with Crippen LogP contribution in [0.25, 0.3) is 0 Å². The Kier molecular flexibility index (Phi) is 4.40. The van der Waals surface area contributed by atoms with Crippen molar-refractivity contribution in [1.82, 2.24) is 0 Å². The van der Waals surface area contributed by atoms with E-state index in [0.717, 1.165) is 16.9 Å². The minimum Gasteiger partial charge on any atom is -0.496 e. The maximum Gasteiger partial charge on any atom is 0.141 e. The summed E-state index contributed by atoms with van der Waals surface area (Å²) < 4.78 is 18.4. The van der Waals surface area contributed by atoms with E-state index < -0.39 is 5.82 Å². The number of methoxy groups -OCH3 is 1. The van der Waals surface area contributed by atoms with Crippen molar-refractivity contribution in [3.05, 3.63) is 64.4 Å². The molecule has 0 amide bonds. The highest BCUT2D eigenvalue weighted by Crippen LogP contribution is 2.25. The number of hydrogen-bond acceptors (Lipinski definition) is 2. The highest BCUT2D eigenvalue weighted by Gasteiger charge is 2.12. The second kappa shape index (κ2) is 6.04. The van der Waals surface area contributed by atoms with E-state index in [1.54, 1.807) is 19.2 Å². The van der Waals surface area contributed by atoms with E-state index in [0.29, 0.717) is 6.42 Å². The lowest BCUT2D eigenvalue weighted by Gasteiger charge is -2.15. The molecule has 2 aromatic rings. The van der Waals surface area contributed by atoms with Crippen molar-refractivity contribution in [3.63, 3.8) is 0 Å². The Morgan fingerprint density at radius 3 is 2.68 bits per heavy atom. The fourth-order valence-electron chi connectivity index (χ4n) is 1.97. The van der Waals surface area contributed by atoms with Crippen molar-refractivity contribution in [2.75, 3.05) is 7.11 Å². The second-order valence-corrected chi connectivity index (χ2v) is 4.70. The Labute approximate surface area is 117 Å².